The van der Waals surface area contributed by atoms with Crippen molar-refractivity contribution in [3.05, 3.63) is 35.9 Å². The zero-order valence-electron chi connectivity index (χ0n) is 12.7. The first-order valence-electron chi connectivity index (χ1n) is 6.98. The van der Waals surface area contributed by atoms with Gasteiger partial charge >= 0.3 is 0 Å². The lowest BCUT2D eigenvalue weighted by Crippen LogP contribution is -2.46. The Balaban J connectivity index is 2.96. The second-order valence-electron chi connectivity index (χ2n) is 5.67. The Labute approximate surface area is 127 Å². The van der Waals surface area contributed by atoms with E-state index in [1.807, 2.05) is 62.9 Å². The van der Waals surface area contributed by atoms with E-state index in [2.05, 4.69) is 0 Å². The van der Waals surface area contributed by atoms with E-state index in [9.17, 15) is 4.79 Å². The van der Waals surface area contributed by atoms with Gasteiger partial charge in [0.2, 0.25) is 5.91 Å². The zero-order chi connectivity index (χ0) is 15.3. The van der Waals surface area contributed by atoms with Crippen LogP contribution in [0.25, 0.3) is 0 Å². The van der Waals surface area contributed by atoms with Gasteiger partial charge in [-0.15, -0.1) is 0 Å². The minimum atomic E-state index is -0.392. The van der Waals surface area contributed by atoms with E-state index in [4.69, 9.17) is 18.0 Å². The van der Waals surface area contributed by atoms with Gasteiger partial charge in [0, 0.05) is 12.6 Å². The van der Waals surface area contributed by atoms with E-state index in [1.165, 1.54) is 0 Å². The van der Waals surface area contributed by atoms with Crippen LogP contribution in [0, 0.1) is 11.8 Å². The summed E-state index contributed by atoms with van der Waals surface area (Å²) in [6.45, 7) is 8.56. The fourth-order valence-electron chi connectivity index (χ4n) is 2.21. The van der Waals surface area contributed by atoms with Crippen LogP contribution in [-0.2, 0) is 11.3 Å². The number of hydrogen-bond acceptors (Lipinski definition) is 2. The van der Waals surface area contributed by atoms with Crippen molar-refractivity contribution in [3.63, 3.8) is 0 Å². The van der Waals surface area contributed by atoms with Crippen molar-refractivity contribution in [2.75, 3.05) is 0 Å². The van der Waals surface area contributed by atoms with Crippen LogP contribution in [0.2, 0.25) is 0 Å². The molecule has 1 amide bonds. The topological polar surface area (TPSA) is 46.3 Å². The lowest BCUT2D eigenvalue weighted by molar-refractivity contribution is -0.136. The molecule has 1 rings (SSSR count). The molecule has 2 N–H and O–H groups in total. The van der Waals surface area contributed by atoms with Gasteiger partial charge in [-0.05, 0) is 25.3 Å². The number of nitrogens with zero attached hydrogens (tertiary/aromatic N) is 1. The van der Waals surface area contributed by atoms with Crippen molar-refractivity contribution in [1.29, 1.82) is 0 Å². The molecule has 110 valence electrons. The molecule has 3 nitrogen and oxygen atoms in total. The lowest BCUT2D eigenvalue weighted by atomic mass is 9.93. The summed E-state index contributed by atoms with van der Waals surface area (Å²) >= 11 is 5.07. The summed E-state index contributed by atoms with van der Waals surface area (Å²) in [5, 5.41) is 0. The van der Waals surface area contributed by atoms with Crippen LogP contribution in [0.4, 0.5) is 0 Å². The first-order valence-corrected chi connectivity index (χ1v) is 7.39. The van der Waals surface area contributed by atoms with E-state index < -0.39 is 5.92 Å². The molecule has 0 saturated heterocycles. The molecule has 0 heterocycles. The van der Waals surface area contributed by atoms with Crippen LogP contribution < -0.4 is 5.73 Å². The van der Waals surface area contributed by atoms with Gasteiger partial charge in [0.1, 0.15) is 0 Å². The van der Waals surface area contributed by atoms with Gasteiger partial charge in [0.15, 0.2) is 0 Å². The summed E-state index contributed by atoms with van der Waals surface area (Å²) in [5.74, 6) is -0.264. The van der Waals surface area contributed by atoms with E-state index >= 15 is 0 Å². The Bertz CT molecular complexity index is 457. The molecule has 0 aromatic heterocycles. The van der Waals surface area contributed by atoms with Gasteiger partial charge in [0.05, 0.1) is 10.9 Å². The van der Waals surface area contributed by atoms with Gasteiger partial charge in [0.25, 0.3) is 0 Å². The third-order valence-electron chi connectivity index (χ3n) is 3.34. The molecule has 0 aliphatic rings. The maximum atomic E-state index is 12.7. The normalized spacial score (nSPS) is 12.5. The highest BCUT2D eigenvalue weighted by Crippen LogP contribution is 2.19. The summed E-state index contributed by atoms with van der Waals surface area (Å²) < 4.78 is 0. The van der Waals surface area contributed by atoms with Crippen molar-refractivity contribution in [3.8, 4) is 0 Å². The number of nitrogens with two attached hydrogens (primary N) is 1. The number of amides is 1. The Hall–Kier alpha value is -1.42. The second-order valence-corrected chi connectivity index (χ2v) is 6.14. The van der Waals surface area contributed by atoms with Crippen molar-refractivity contribution < 1.29 is 4.79 Å². The predicted molar refractivity (Wildman–Crippen MR) is 87.2 cm³/mol. The van der Waals surface area contributed by atoms with Gasteiger partial charge < -0.3 is 10.6 Å². The van der Waals surface area contributed by atoms with Crippen molar-refractivity contribution in [2.45, 2.75) is 40.3 Å². The molecule has 1 aromatic rings. The highest BCUT2D eigenvalue weighted by atomic mass is 32.1. The summed E-state index contributed by atoms with van der Waals surface area (Å²) in [4.78, 5) is 14.9. The molecule has 0 radical (unpaired) electrons. The molecule has 0 spiro atoms. The average Bonchev–Trinajstić information content (AvgIpc) is 2.35. The van der Waals surface area contributed by atoms with Crippen LogP contribution >= 0.6 is 12.2 Å². The average molecular weight is 292 g/mol. The number of carbonyl (C=O) groups is 1. The standard InChI is InChI=1S/C16H24N2OS/c1-11(2)14(15(17)20)16(19)18(12(3)4)10-13-8-6-5-7-9-13/h5-9,11-12,14H,10H2,1-4H3,(H2,17,20). The number of thiocarbonyl (C=S) groups is 1. The van der Waals surface area contributed by atoms with Gasteiger partial charge in [-0.1, -0.05) is 56.4 Å². The fraction of sp³-hybridized carbons (Fsp3) is 0.500. The van der Waals surface area contributed by atoms with Crippen molar-refractivity contribution in [2.24, 2.45) is 17.6 Å². The Morgan fingerprint density at radius 3 is 2.15 bits per heavy atom. The fourth-order valence-corrected chi connectivity index (χ4v) is 2.58. The molecule has 1 aromatic carbocycles. The van der Waals surface area contributed by atoms with Gasteiger partial charge in [-0.2, -0.15) is 0 Å². The molecule has 1 atom stereocenters. The third-order valence-corrected chi connectivity index (χ3v) is 3.60. The van der Waals surface area contributed by atoms with Gasteiger partial charge in [-0.25, -0.2) is 0 Å². The van der Waals surface area contributed by atoms with Crippen molar-refractivity contribution in [1.82, 2.24) is 4.90 Å². The molecular weight excluding hydrogens is 268 g/mol. The maximum absolute atomic E-state index is 12.7. The Morgan fingerprint density at radius 1 is 1.20 bits per heavy atom. The smallest absolute Gasteiger partial charge is 0.233 e. The Kier molecular flexibility index (Phi) is 6.14. The first kappa shape index (κ1) is 16.6. The van der Waals surface area contributed by atoms with Gasteiger partial charge in [-0.3, -0.25) is 4.79 Å². The van der Waals surface area contributed by atoms with Crippen LogP contribution in [0.5, 0.6) is 0 Å². The number of hydrogen-bond donors (Lipinski definition) is 1. The maximum Gasteiger partial charge on any atom is 0.233 e. The molecule has 0 fully saturated rings. The third kappa shape index (κ3) is 4.30. The van der Waals surface area contributed by atoms with E-state index in [0.717, 1.165) is 5.56 Å². The molecule has 1 unspecified atom stereocenters. The molecule has 4 heteroatoms. The molecule has 0 bridgehead atoms. The number of carbonyl (C=O) groups excluding carboxylic acids is 1. The van der Waals surface area contributed by atoms with Crippen LogP contribution in [-0.4, -0.2) is 21.8 Å². The van der Waals surface area contributed by atoms with E-state index in [-0.39, 0.29) is 22.9 Å². The number of benzene rings is 1. The lowest BCUT2D eigenvalue weighted by Gasteiger charge is -2.32. The summed E-state index contributed by atoms with van der Waals surface area (Å²) in [6, 6.07) is 10.1. The van der Waals surface area contributed by atoms with E-state index in [0.29, 0.717) is 6.54 Å². The molecule has 0 saturated carbocycles. The molecular formula is C16H24N2OS. The van der Waals surface area contributed by atoms with E-state index in [1.54, 1.807) is 0 Å². The molecule has 20 heavy (non-hydrogen) atoms. The molecule has 0 aliphatic heterocycles. The largest absolute Gasteiger partial charge is 0.393 e. The highest BCUT2D eigenvalue weighted by molar-refractivity contribution is 7.80. The minimum Gasteiger partial charge on any atom is -0.393 e. The predicted octanol–water partition coefficient (Wildman–Crippen LogP) is 2.98. The second kappa shape index (κ2) is 7.39. The SMILES string of the molecule is CC(C)C(C(=O)N(Cc1ccccc1)C(C)C)C(N)=S. The van der Waals surface area contributed by atoms with Crippen LogP contribution in [0.3, 0.4) is 0 Å². The quantitative estimate of drug-likeness (QED) is 0.820. The summed E-state index contributed by atoms with van der Waals surface area (Å²) in [6.07, 6.45) is 0. The van der Waals surface area contributed by atoms with Crippen LogP contribution in [0.15, 0.2) is 30.3 Å². The van der Waals surface area contributed by atoms with Crippen molar-refractivity contribution >= 4 is 23.1 Å². The first-order chi connectivity index (χ1) is 9.34. The van der Waals surface area contributed by atoms with Crippen LogP contribution in [0.1, 0.15) is 33.3 Å². The summed E-state index contributed by atoms with van der Waals surface area (Å²) in [7, 11) is 0. The zero-order valence-corrected chi connectivity index (χ0v) is 13.5. The Morgan fingerprint density at radius 2 is 1.75 bits per heavy atom. The molecule has 0 aliphatic carbocycles. The number of rotatable bonds is 6. The summed E-state index contributed by atoms with van der Waals surface area (Å²) in [5.41, 5.74) is 6.86. The minimum absolute atomic E-state index is 0.0198. The monoisotopic (exact) mass is 292 g/mol. The highest BCUT2D eigenvalue weighted by Gasteiger charge is 2.30.